The molecule has 2 aromatic heterocycles. The van der Waals surface area contributed by atoms with Crippen LogP contribution in [0.5, 0.6) is 5.88 Å². The Labute approximate surface area is 130 Å². The molecule has 0 saturated carbocycles. The summed E-state index contributed by atoms with van der Waals surface area (Å²) >= 11 is 0. The van der Waals surface area contributed by atoms with Crippen LogP contribution in [0, 0.1) is 6.92 Å². The minimum Gasteiger partial charge on any atom is -0.481 e. The molecule has 120 valence electrons. The minimum absolute atomic E-state index is 0.292. The van der Waals surface area contributed by atoms with Crippen molar-refractivity contribution in [1.29, 1.82) is 0 Å². The maximum Gasteiger partial charge on any atom is 0.230 e. The molecule has 0 N–H and O–H groups in total. The Bertz CT molecular complexity index is 648. The van der Waals surface area contributed by atoms with Gasteiger partial charge >= 0.3 is 0 Å². The van der Waals surface area contributed by atoms with Crippen LogP contribution < -0.4 is 4.74 Å². The van der Waals surface area contributed by atoms with Gasteiger partial charge in [0, 0.05) is 19.5 Å². The normalized spacial score (nSPS) is 19.0. The molecule has 7 heteroatoms. The predicted molar refractivity (Wildman–Crippen MR) is 80.6 cm³/mol. The van der Waals surface area contributed by atoms with Crippen molar-refractivity contribution >= 4 is 0 Å². The van der Waals surface area contributed by atoms with E-state index in [-0.39, 0.29) is 0 Å². The molecule has 3 rings (SSSR count). The lowest BCUT2D eigenvalue weighted by Gasteiger charge is -2.23. The zero-order valence-corrected chi connectivity index (χ0v) is 13.7. The number of aryl methyl sites for hydroxylation is 3. The molecule has 1 aliphatic rings. The number of rotatable bonds is 5. The largest absolute Gasteiger partial charge is 0.481 e. The summed E-state index contributed by atoms with van der Waals surface area (Å²) in [6, 6.07) is 0.292. The molecule has 7 nitrogen and oxygen atoms in total. The van der Waals surface area contributed by atoms with Crippen molar-refractivity contribution in [3.8, 4) is 5.88 Å². The van der Waals surface area contributed by atoms with Gasteiger partial charge in [0.05, 0.1) is 24.9 Å². The summed E-state index contributed by atoms with van der Waals surface area (Å²) in [5, 5.41) is 12.7. The average Bonchev–Trinajstić information content (AvgIpc) is 3.19. The first-order chi connectivity index (χ1) is 10.6. The van der Waals surface area contributed by atoms with Crippen molar-refractivity contribution in [1.82, 2.24) is 24.9 Å². The van der Waals surface area contributed by atoms with E-state index in [1.54, 1.807) is 7.11 Å². The van der Waals surface area contributed by atoms with Gasteiger partial charge in [0.1, 0.15) is 0 Å². The van der Waals surface area contributed by atoms with Gasteiger partial charge in [-0.3, -0.25) is 4.90 Å². The van der Waals surface area contributed by atoms with Gasteiger partial charge < -0.3 is 9.15 Å². The van der Waals surface area contributed by atoms with E-state index >= 15 is 0 Å². The number of hydrogen-bond donors (Lipinski definition) is 0. The summed E-state index contributed by atoms with van der Waals surface area (Å²) in [7, 11) is 3.62. The summed E-state index contributed by atoms with van der Waals surface area (Å²) in [5.41, 5.74) is 2.20. The Morgan fingerprint density at radius 2 is 2.09 bits per heavy atom. The monoisotopic (exact) mass is 305 g/mol. The fourth-order valence-electron chi connectivity index (χ4n) is 3.29. The van der Waals surface area contributed by atoms with E-state index in [0.29, 0.717) is 24.4 Å². The highest BCUT2D eigenvalue weighted by molar-refractivity contribution is 5.35. The zero-order valence-electron chi connectivity index (χ0n) is 13.7. The van der Waals surface area contributed by atoms with Crippen LogP contribution in [0.3, 0.4) is 0 Å². The first kappa shape index (κ1) is 15.0. The van der Waals surface area contributed by atoms with Crippen LogP contribution in [0.25, 0.3) is 0 Å². The fraction of sp³-hybridized carbons (Fsp3) is 0.667. The summed E-state index contributed by atoms with van der Waals surface area (Å²) in [6.45, 7) is 5.75. The zero-order chi connectivity index (χ0) is 15.7. The molecule has 1 atom stereocenters. The van der Waals surface area contributed by atoms with Gasteiger partial charge in [-0.2, -0.15) is 5.10 Å². The van der Waals surface area contributed by atoms with E-state index in [1.165, 1.54) is 5.56 Å². The Hall–Kier alpha value is -1.89. The molecular formula is C15H23N5O2. The van der Waals surface area contributed by atoms with Crippen molar-refractivity contribution in [3.63, 3.8) is 0 Å². The Morgan fingerprint density at radius 3 is 2.77 bits per heavy atom. The van der Waals surface area contributed by atoms with Gasteiger partial charge in [-0.15, -0.1) is 10.2 Å². The van der Waals surface area contributed by atoms with Gasteiger partial charge in [-0.25, -0.2) is 4.68 Å². The lowest BCUT2D eigenvalue weighted by Crippen LogP contribution is -2.23. The Balaban J connectivity index is 1.84. The van der Waals surface area contributed by atoms with E-state index in [0.717, 1.165) is 37.4 Å². The number of methoxy groups -OCH3 is 1. The third-order valence-electron chi connectivity index (χ3n) is 4.25. The number of aromatic nitrogens is 4. The molecule has 0 unspecified atom stereocenters. The number of nitrogens with zero attached hydrogens (tertiary/aromatic N) is 5. The molecule has 0 aliphatic carbocycles. The molecule has 0 spiro atoms. The van der Waals surface area contributed by atoms with Crippen molar-refractivity contribution < 1.29 is 9.15 Å². The summed E-state index contributed by atoms with van der Waals surface area (Å²) in [6.07, 6.45) is 3.01. The Morgan fingerprint density at radius 1 is 1.32 bits per heavy atom. The SMILES string of the molecule is CCc1nnc(CN2CCC[C@H]2c2c(C)nn(C)c2OC)o1. The van der Waals surface area contributed by atoms with E-state index in [1.807, 2.05) is 25.6 Å². The van der Waals surface area contributed by atoms with Gasteiger partial charge in [0.15, 0.2) is 0 Å². The van der Waals surface area contributed by atoms with Gasteiger partial charge in [0.25, 0.3) is 0 Å². The quantitative estimate of drug-likeness (QED) is 0.842. The van der Waals surface area contributed by atoms with Gasteiger partial charge in [-0.1, -0.05) is 6.92 Å². The third-order valence-corrected chi connectivity index (χ3v) is 4.25. The highest BCUT2D eigenvalue weighted by Gasteiger charge is 2.33. The van der Waals surface area contributed by atoms with Crippen molar-refractivity contribution in [2.24, 2.45) is 7.05 Å². The molecule has 2 aromatic rings. The summed E-state index contributed by atoms with van der Waals surface area (Å²) < 4.78 is 13.0. The molecule has 1 saturated heterocycles. The molecule has 22 heavy (non-hydrogen) atoms. The van der Waals surface area contributed by atoms with E-state index in [4.69, 9.17) is 9.15 Å². The minimum atomic E-state index is 0.292. The van der Waals surface area contributed by atoms with Crippen LogP contribution >= 0.6 is 0 Å². The second-order valence-electron chi connectivity index (χ2n) is 5.70. The molecule has 1 fully saturated rings. The second-order valence-corrected chi connectivity index (χ2v) is 5.70. The topological polar surface area (TPSA) is 69.2 Å². The van der Waals surface area contributed by atoms with Crippen LogP contribution in [-0.2, 0) is 20.0 Å². The third kappa shape index (κ3) is 2.61. The second kappa shape index (κ2) is 6.08. The first-order valence-electron chi connectivity index (χ1n) is 7.76. The van der Waals surface area contributed by atoms with Crippen molar-refractivity contribution in [2.45, 2.75) is 45.7 Å². The lowest BCUT2D eigenvalue weighted by molar-refractivity contribution is 0.216. The highest BCUT2D eigenvalue weighted by Crippen LogP contribution is 2.39. The fourth-order valence-corrected chi connectivity index (χ4v) is 3.29. The molecular weight excluding hydrogens is 282 g/mol. The van der Waals surface area contributed by atoms with Crippen LogP contribution in [0.4, 0.5) is 0 Å². The summed E-state index contributed by atoms with van der Waals surface area (Å²) in [4.78, 5) is 2.37. The molecule has 1 aliphatic heterocycles. The van der Waals surface area contributed by atoms with Crippen LogP contribution in [0.1, 0.15) is 48.8 Å². The maximum atomic E-state index is 5.65. The number of likely N-dealkylation sites (tertiary alicyclic amines) is 1. The lowest BCUT2D eigenvalue weighted by atomic mass is 10.1. The van der Waals surface area contributed by atoms with Gasteiger partial charge in [0.2, 0.25) is 17.7 Å². The van der Waals surface area contributed by atoms with E-state index in [2.05, 4.69) is 20.2 Å². The summed E-state index contributed by atoms with van der Waals surface area (Å²) in [5.74, 6) is 2.22. The Kier molecular flexibility index (Phi) is 4.15. The number of ether oxygens (including phenoxy) is 1. The molecule has 0 amide bonds. The van der Waals surface area contributed by atoms with Crippen LogP contribution in [0.2, 0.25) is 0 Å². The molecule has 0 radical (unpaired) electrons. The van der Waals surface area contributed by atoms with E-state index in [9.17, 15) is 0 Å². The highest BCUT2D eigenvalue weighted by atomic mass is 16.5. The van der Waals surface area contributed by atoms with Crippen molar-refractivity contribution in [2.75, 3.05) is 13.7 Å². The maximum absolute atomic E-state index is 5.65. The van der Waals surface area contributed by atoms with Crippen molar-refractivity contribution in [3.05, 3.63) is 23.0 Å². The predicted octanol–water partition coefficient (Wildman–Crippen LogP) is 2.02. The molecule has 0 bridgehead atoms. The van der Waals surface area contributed by atoms with Crippen LogP contribution in [-0.4, -0.2) is 38.5 Å². The molecule has 3 heterocycles. The van der Waals surface area contributed by atoms with Crippen LogP contribution in [0.15, 0.2) is 4.42 Å². The number of hydrogen-bond acceptors (Lipinski definition) is 6. The standard InChI is InChI=1S/C15H23N5O2/c1-5-12-16-17-13(22-12)9-20-8-6-7-11(20)14-10(2)18-19(3)15(14)21-4/h11H,5-9H2,1-4H3/t11-/m0/s1. The average molecular weight is 305 g/mol. The first-order valence-corrected chi connectivity index (χ1v) is 7.76. The van der Waals surface area contributed by atoms with E-state index < -0.39 is 0 Å². The molecule has 0 aromatic carbocycles. The smallest absolute Gasteiger partial charge is 0.230 e. The van der Waals surface area contributed by atoms with Gasteiger partial charge in [-0.05, 0) is 26.3 Å².